The van der Waals surface area contributed by atoms with Crippen molar-refractivity contribution in [2.75, 3.05) is 0 Å². The molecule has 1 aromatic rings. The van der Waals surface area contributed by atoms with Gasteiger partial charge in [0.15, 0.2) is 4.90 Å². The van der Waals surface area contributed by atoms with E-state index < -0.39 is 49.3 Å². The Hall–Kier alpha value is -2.07. The summed E-state index contributed by atoms with van der Waals surface area (Å²) in [5.41, 5.74) is -0.919. The van der Waals surface area contributed by atoms with Gasteiger partial charge < -0.3 is 5.11 Å². The van der Waals surface area contributed by atoms with Gasteiger partial charge in [0.25, 0.3) is 5.69 Å². The van der Waals surface area contributed by atoms with Gasteiger partial charge in [0, 0.05) is 6.04 Å². The van der Waals surface area contributed by atoms with Gasteiger partial charge in [-0.05, 0) is 19.1 Å². The number of benzene rings is 1. The molecule has 0 aromatic heterocycles. The number of aliphatic carboxylic acids is 1. The van der Waals surface area contributed by atoms with Crippen molar-refractivity contribution in [3.05, 3.63) is 34.1 Å². The van der Waals surface area contributed by atoms with Crippen LogP contribution in [0, 0.1) is 21.8 Å². The lowest BCUT2D eigenvalue weighted by Crippen LogP contribution is -2.40. The number of hydrogen-bond donors (Lipinski definition) is 2. The summed E-state index contributed by atoms with van der Waals surface area (Å²) < 4.78 is 39.2. The Balaban J connectivity index is 3.20. The van der Waals surface area contributed by atoms with Crippen LogP contribution >= 0.6 is 0 Å². The lowest BCUT2D eigenvalue weighted by Gasteiger charge is -2.17. The molecule has 1 rings (SSSR count). The number of hydrogen-bond acceptors (Lipinski definition) is 5. The summed E-state index contributed by atoms with van der Waals surface area (Å²) >= 11 is 0. The number of nitrogens with one attached hydrogen (secondary N) is 1. The van der Waals surface area contributed by atoms with Crippen LogP contribution < -0.4 is 4.72 Å². The Morgan fingerprint density at radius 2 is 2.00 bits per heavy atom. The molecule has 0 aliphatic rings. The van der Waals surface area contributed by atoms with Gasteiger partial charge in [0.05, 0.1) is 16.9 Å². The molecular formula is C11H13FN2O6S. The first kappa shape index (κ1) is 17.0. The molecule has 2 atom stereocenters. The Morgan fingerprint density at radius 3 is 2.48 bits per heavy atom. The first-order chi connectivity index (χ1) is 9.56. The maximum atomic E-state index is 13.0. The summed E-state index contributed by atoms with van der Waals surface area (Å²) in [5.74, 6) is -3.22. The van der Waals surface area contributed by atoms with Crippen molar-refractivity contribution < 1.29 is 27.6 Å². The predicted molar refractivity (Wildman–Crippen MR) is 69.6 cm³/mol. The fraction of sp³-hybridized carbons (Fsp3) is 0.364. The second kappa shape index (κ2) is 6.14. The van der Waals surface area contributed by atoms with E-state index in [2.05, 4.69) is 0 Å². The first-order valence-corrected chi connectivity index (χ1v) is 7.23. The van der Waals surface area contributed by atoms with E-state index in [0.717, 1.165) is 12.1 Å². The second-order valence-corrected chi connectivity index (χ2v) is 6.09. The Labute approximate surface area is 119 Å². The predicted octanol–water partition coefficient (Wildman–Crippen LogP) is 1.12. The molecule has 0 bridgehead atoms. The molecule has 8 nitrogen and oxygen atoms in total. The second-order valence-electron chi connectivity index (χ2n) is 4.41. The third kappa shape index (κ3) is 3.95. The number of carboxylic acid groups (broad SMARTS) is 1. The summed E-state index contributed by atoms with van der Waals surface area (Å²) in [6.07, 6.45) is 0. The molecule has 116 valence electrons. The van der Waals surface area contributed by atoms with Gasteiger partial charge in [0.1, 0.15) is 5.82 Å². The summed E-state index contributed by atoms with van der Waals surface area (Å²) in [6.45, 7) is 2.60. The minimum absolute atomic E-state index is 0.486. The van der Waals surface area contributed by atoms with Gasteiger partial charge in [-0.1, -0.05) is 6.92 Å². The van der Waals surface area contributed by atoms with Gasteiger partial charge in [-0.2, -0.15) is 0 Å². The highest BCUT2D eigenvalue weighted by atomic mass is 32.2. The zero-order valence-electron chi connectivity index (χ0n) is 11.1. The molecular weight excluding hydrogens is 307 g/mol. The molecule has 0 fully saturated rings. The van der Waals surface area contributed by atoms with Crippen molar-refractivity contribution in [1.82, 2.24) is 4.72 Å². The van der Waals surface area contributed by atoms with Crippen LogP contribution in [0.5, 0.6) is 0 Å². The summed E-state index contributed by atoms with van der Waals surface area (Å²) in [5, 5.41) is 19.6. The van der Waals surface area contributed by atoms with Crippen molar-refractivity contribution in [3.63, 3.8) is 0 Å². The van der Waals surface area contributed by atoms with Crippen molar-refractivity contribution in [2.24, 2.45) is 5.92 Å². The molecule has 0 spiro atoms. The van der Waals surface area contributed by atoms with E-state index in [0.29, 0.717) is 6.07 Å². The number of nitro groups is 1. The van der Waals surface area contributed by atoms with Gasteiger partial charge >= 0.3 is 5.97 Å². The van der Waals surface area contributed by atoms with Crippen molar-refractivity contribution in [1.29, 1.82) is 0 Å². The minimum Gasteiger partial charge on any atom is -0.481 e. The molecule has 0 heterocycles. The Morgan fingerprint density at radius 1 is 1.43 bits per heavy atom. The maximum Gasteiger partial charge on any atom is 0.307 e. The summed E-state index contributed by atoms with van der Waals surface area (Å²) in [7, 11) is -4.35. The quantitative estimate of drug-likeness (QED) is 0.597. The molecule has 0 saturated heterocycles. The third-order valence-electron chi connectivity index (χ3n) is 2.89. The topological polar surface area (TPSA) is 127 Å². The number of carbonyl (C=O) groups is 1. The van der Waals surface area contributed by atoms with E-state index in [-0.39, 0.29) is 0 Å². The van der Waals surface area contributed by atoms with Crippen LogP contribution in [0.15, 0.2) is 23.1 Å². The highest BCUT2D eigenvalue weighted by molar-refractivity contribution is 7.89. The number of halogens is 1. The molecule has 10 heteroatoms. The average molecular weight is 320 g/mol. The Bertz CT molecular complexity index is 675. The smallest absolute Gasteiger partial charge is 0.307 e. The van der Waals surface area contributed by atoms with E-state index >= 15 is 0 Å². The number of nitro benzene ring substituents is 1. The molecule has 0 aliphatic heterocycles. The van der Waals surface area contributed by atoms with Gasteiger partial charge in [-0.3, -0.25) is 14.9 Å². The maximum absolute atomic E-state index is 13.0. The largest absolute Gasteiger partial charge is 0.481 e. The summed E-state index contributed by atoms with van der Waals surface area (Å²) in [4.78, 5) is 19.8. The fourth-order valence-electron chi connectivity index (χ4n) is 1.48. The van der Waals surface area contributed by atoms with Crippen molar-refractivity contribution in [3.8, 4) is 0 Å². The highest BCUT2D eigenvalue weighted by Gasteiger charge is 2.30. The highest BCUT2D eigenvalue weighted by Crippen LogP contribution is 2.25. The monoisotopic (exact) mass is 320 g/mol. The normalized spacial score (nSPS) is 14.4. The number of nitrogens with zero attached hydrogens (tertiary/aromatic N) is 1. The number of sulfonamides is 1. The lowest BCUT2D eigenvalue weighted by molar-refractivity contribution is -0.388. The van der Waals surface area contributed by atoms with E-state index in [9.17, 15) is 27.7 Å². The Kier molecular flexibility index (Phi) is 4.97. The molecule has 2 unspecified atom stereocenters. The van der Waals surface area contributed by atoms with Crippen LogP contribution in [0.4, 0.5) is 10.1 Å². The molecule has 1 aromatic carbocycles. The van der Waals surface area contributed by atoms with Crippen molar-refractivity contribution in [2.45, 2.75) is 24.8 Å². The van der Waals surface area contributed by atoms with Crippen LogP contribution in [-0.2, 0) is 14.8 Å². The van der Waals surface area contributed by atoms with Crippen molar-refractivity contribution >= 4 is 21.7 Å². The van der Waals surface area contributed by atoms with Crippen LogP contribution in [-0.4, -0.2) is 30.5 Å². The molecule has 21 heavy (non-hydrogen) atoms. The van der Waals surface area contributed by atoms with E-state index in [4.69, 9.17) is 5.11 Å². The number of rotatable bonds is 6. The van der Waals surface area contributed by atoms with E-state index in [1.165, 1.54) is 13.8 Å². The zero-order valence-corrected chi connectivity index (χ0v) is 11.9. The number of carboxylic acids is 1. The molecule has 2 N–H and O–H groups in total. The van der Waals surface area contributed by atoms with E-state index in [1.54, 1.807) is 0 Å². The fourth-order valence-corrected chi connectivity index (χ4v) is 2.96. The van der Waals surface area contributed by atoms with Crippen LogP contribution in [0.3, 0.4) is 0 Å². The SMILES string of the molecule is CC(NS(=O)(=O)c1ccc(F)cc1[N+](=O)[O-])C(C)C(=O)O. The van der Waals surface area contributed by atoms with Gasteiger partial charge in [-0.25, -0.2) is 17.5 Å². The van der Waals surface area contributed by atoms with Crippen LogP contribution in [0.1, 0.15) is 13.8 Å². The lowest BCUT2D eigenvalue weighted by atomic mass is 10.1. The average Bonchev–Trinajstić information content (AvgIpc) is 2.36. The molecule has 0 aliphatic carbocycles. The summed E-state index contributed by atoms with van der Waals surface area (Å²) in [6, 6.07) is 1.01. The van der Waals surface area contributed by atoms with Gasteiger partial charge in [-0.15, -0.1) is 0 Å². The molecule has 0 radical (unpaired) electrons. The van der Waals surface area contributed by atoms with Gasteiger partial charge in [0.2, 0.25) is 10.0 Å². The first-order valence-electron chi connectivity index (χ1n) is 5.75. The molecule has 0 saturated carbocycles. The molecule has 0 amide bonds. The standard InChI is InChI=1S/C11H13FN2O6S/c1-6(11(15)16)7(2)13-21(19,20)10-4-3-8(12)5-9(10)14(17)18/h3-7,13H,1-2H3,(H,15,16). The van der Waals surface area contributed by atoms with Crippen LogP contribution in [0.2, 0.25) is 0 Å². The third-order valence-corrected chi connectivity index (χ3v) is 4.49. The zero-order chi connectivity index (χ0) is 16.4. The van der Waals surface area contributed by atoms with E-state index in [1.807, 2.05) is 4.72 Å². The minimum atomic E-state index is -4.35. The van der Waals surface area contributed by atoms with Crippen LogP contribution in [0.25, 0.3) is 0 Å².